The van der Waals surface area contributed by atoms with Gasteiger partial charge >= 0.3 is 0 Å². The number of ether oxygens (including phenoxy) is 1. The third kappa shape index (κ3) is 5.03. The zero-order valence-corrected chi connectivity index (χ0v) is 15.2. The lowest BCUT2D eigenvalue weighted by atomic mass is 9.97. The molecule has 1 N–H and O–H groups in total. The zero-order chi connectivity index (χ0) is 17.7. The zero-order valence-electron chi connectivity index (χ0n) is 14.4. The maximum absolute atomic E-state index is 12.5. The molecule has 1 amide bonds. The fourth-order valence-electron chi connectivity index (χ4n) is 3.44. The van der Waals surface area contributed by atoms with Crippen molar-refractivity contribution in [1.29, 1.82) is 0 Å². The Kier molecular flexibility index (Phi) is 6.09. The molecule has 25 heavy (non-hydrogen) atoms. The average Bonchev–Trinajstić information content (AvgIpc) is 3.14. The van der Waals surface area contributed by atoms with Crippen LogP contribution < -0.4 is 5.32 Å². The highest BCUT2D eigenvalue weighted by molar-refractivity contribution is 7.88. The lowest BCUT2D eigenvalue weighted by Gasteiger charge is -2.30. The van der Waals surface area contributed by atoms with Crippen molar-refractivity contribution in [1.82, 2.24) is 9.62 Å². The second kappa shape index (κ2) is 8.29. The van der Waals surface area contributed by atoms with Gasteiger partial charge < -0.3 is 10.1 Å². The number of sulfonamides is 1. The van der Waals surface area contributed by atoms with Crippen molar-refractivity contribution in [2.45, 2.75) is 37.5 Å². The van der Waals surface area contributed by atoms with Gasteiger partial charge in [-0.2, -0.15) is 0 Å². The SMILES string of the molecule is O=C(NC[C@H]1CCCO1)C1CCN(S(=O)(=O)Cc2ccccc2)CC1. The molecule has 0 aliphatic carbocycles. The second-order valence-corrected chi connectivity index (χ2v) is 8.76. The molecule has 1 atom stereocenters. The van der Waals surface area contributed by atoms with Gasteiger partial charge in [0.2, 0.25) is 15.9 Å². The van der Waals surface area contributed by atoms with E-state index in [1.54, 1.807) is 0 Å². The Hall–Kier alpha value is -1.44. The summed E-state index contributed by atoms with van der Waals surface area (Å²) in [5.74, 6) is -0.0656. The van der Waals surface area contributed by atoms with E-state index >= 15 is 0 Å². The monoisotopic (exact) mass is 366 g/mol. The van der Waals surface area contributed by atoms with Crippen LogP contribution in [-0.2, 0) is 25.3 Å². The van der Waals surface area contributed by atoms with E-state index in [9.17, 15) is 13.2 Å². The van der Waals surface area contributed by atoms with Gasteiger partial charge in [0, 0.05) is 32.2 Å². The van der Waals surface area contributed by atoms with Gasteiger partial charge in [0.25, 0.3) is 0 Å². The molecular formula is C18H26N2O4S. The molecule has 0 saturated carbocycles. The molecule has 2 aliphatic rings. The first-order valence-electron chi connectivity index (χ1n) is 8.95. The van der Waals surface area contributed by atoms with Crippen LogP contribution in [0.25, 0.3) is 0 Å². The summed E-state index contributed by atoms with van der Waals surface area (Å²) in [6.45, 7) is 2.16. The summed E-state index contributed by atoms with van der Waals surface area (Å²) in [6.07, 6.45) is 3.33. The normalized spacial score (nSPS) is 22.8. The van der Waals surface area contributed by atoms with E-state index in [0.717, 1.165) is 25.0 Å². The number of amides is 1. The van der Waals surface area contributed by atoms with Crippen LogP contribution >= 0.6 is 0 Å². The molecule has 138 valence electrons. The average molecular weight is 366 g/mol. The first kappa shape index (κ1) is 18.4. The van der Waals surface area contributed by atoms with Gasteiger partial charge in [-0.15, -0.1) is 0 Å². The van der Waals surface area contributed by atoms with Crippen molar-refractivity contribution in [2.75, 3.05) is 26.2 Å². The molecule has 0 spiro atoms. The number of hydrogen-bond acceptors (Lipinski definition) is 4. The molecule has 0 radical (unpaired) electrons. The molecule has 7 heteroatoms. The van der Waals surface area contributed by atoms with Crippen LogP contribution in [-0.4, -0.2) is 51.0 Å². The Morgan fingerprint density at radius 1 is 1.16 bits per heavy atom. The number of carbonyl (C=O) groups excluding carboxylic acids is 1. The summed E-state index contributed by atoms with van der Waals surface area (Å²) in [7, 11) is -3.33. The second-order valence-electron chi connectivity index (χ2n) is 6.80. The van der Waals surface area contributed by atoms with Crippen LogP contribution in [0, 0.1) is 5.92 Å². The fourth-order valence-corrected chi connectivity index (χ4v) is 5.00. The Balaban J connectivity index is 1.46. The molecule has 2 aliphatic heterocycles. The summed E-state index contributed by atoms with van der Waals surface area (Å²) in [6, 6.07) is 9.20. The molecule has 2 saturated heterocycles. The maximum Gasteiger partial charge on any atom is 0.223 e. The highest BCUT2D eigenvalue weighted by Crippen LogP contribution is 2.22. The number of carbonyl (C=O) groups is 1. The van der Waals surface area contributed by atoms with E-state index in [0.29, 0.717) is 32.5 Å². The van der Waals surface area contributed by atoms with Gasteiger partial charge in [0.05, 0.1) is 11.9 Å². The van der Waals surface area contributed by atoms with E-state index in [-0.39, 0.29) is 23.7 Å². The summed E-state index contributed by atoms with van der Waals surface area (Å²) in [5, 5.41) is 2.96. The van der Waals surface area contributed by atoms with Gasteiger partial charge in [-0.25, -0.2) is 12.7 Å². The molecule has 3 rings (SSSR count). The molecule has 1 aromatic rings. The molecule has 2 heterocycles. The van der Waals surface area contributed by atoms with E-state index in [1.807, 2.05) is 30.3 Å². The van der Waals surface area contributed by atoms with Crippen molar-refractivity contribution in [2.24, 2.45) is 5.92 Å². The van der Waals surface area contributed by atoms with Gasteiger partial charge in [-0.1, -0.05) is 30.3 Å². The van der Waals surface area contributed by atoms with Crippen LogP contribution in [0.15, 0.2) is 30.3 Å². The Labute approximate surface area is 149 Å². The topological polar surface area (TPSA) is 75.7 Å². The van der Waals surface area contributed by atoms with Crippen molar-refractivity contribution in [3.05, 3.63) is 35.9 Å². The van der Waals surface area contributed by atoms with Crippen molar-refractivity contribution in [3.8, 4) is 0 Å². The van der Waals surface area contributed by atoms with Crippen LogP contribution in [0.5, 0.6) is 0 Å². The standard InChI is InChI=1S/C18H26N2O4S/c21-18(19-13-17-7-4-12-24-17)16-8-10-20(11-9-16)25(22,23)14-15-5-2-1-3-6-15/h1-3,5-6,16-17H,4,7-14H2,(H,19,21)/t17-/m1/s1. The summed E-state index contributed by atoms with van der Waals surface area (Å²) in [5.41, 5.74) is 0.791. The molecule has 0 aromatic heterocycles. The van der Waals surface area contributed by atoms with Crippen LogP contribution in [0.4, 0.5) is 0 Å². The number of nitrogens with zero attached hydrogens (tertiary/aromatic N) is 1. The smallest absolute Gasteiger partial charge is 0.223 e. The number of piperidine rings is 1. The minimum atomic E-state index is -3.33. The summed E-state index contributed by atoms with van der Waals surface area (Å²) < 4.78 is 32.1. The lowest BCUT2D eigenvalue weighted by molar-refractivity contribution is -0.126. The Bertz CT molecular complexity index is 664. The van der Waals surface area contributed by atoms with Gasteiger partial charge in [-0.3, -0.25) is 4.79 Å². The summed E-state index contributed by atoms with van der Waals surface area (Å²) >= 11 is 0. The molecule has 2 fully saturated rings. The molecule has 1 aromatic carbocycles. The molecule has 6 nitrogen and oxygen atoms in total. The number of hydrogen-bond donors (Lipinski definition) is 1. The third-order valence-corrected chi connectivity index (χ3v) is 6.79. The van der Waals surface area contributed by atoms with Crippen LogP contribution in [0.3, 0.4) is 0 Å². The van der Waals surface area contributed by atoms with Crippen molar-refractivity contribution < 1.29 is 17.9 Å². The van der Waals surface area contributed by atoms with Crippen LogP contribution in [0.2, 0.25) is 0 Å². The van der Waals surface area contributed by atoms with Crippen molar-refractivity contribution in [3.63, 3.8) is 0 Å². The van der Waals surface area contributed by atoms with Crippen LogP contribution in [0.1, 0.15) is 31.2 Å². The minimum Gasteiger partial charge on any atom is -0.376 e. The number of benzene rings is 1. The third-order valence-electron chi connectivity index (χ3n) is 4.94. The van der Waals surface area contributed by atoms with Crippen molar-refractivity contribution >= 4 is 15.9 Å². The van der Waals surface area contributed by atoms with Gasteiger partial charge in [-0.05, 0) is 31.2 Å². The first-order chi connectivity index (χ1) is 12.0. The predicted molar refractivity (Wildman–Crippen MR) is 95.3 cm³/mol. The summed E-state index contributed by atoms with van der Waals surface area (Å²) in [4.78, 5) is 12.3. The predicted octanol–water partition coefficient (Wildman–Crippen LogP) is 1.52. The molecule has 0 bridgehead atoms. The fraction of sp³-hybridized carbons (Fsp3) is 0.611. The van der Waals surface area contributed by atoms with E-state index in [1.165, 1.54) is 4.31 Å². The van der Waals surface area contributed by atoms with E-state index in [4.69, 9.17) is 4.74 Å². The molecular weight excluding hydrogens is 340 g/mol. The first-order valence-corrected chi connectivity index (χ1v) is 10.6. The Morgan fingerprint density at radius 2 is 1.88 bits per heavy atom. The maximum atomic E-state index is 12.5. The lowest BCUT2D eigenvalue weighted by Crippen LogP contribution is -2.44. The Morgan fingerprint density at radius 3 is 2.52 bits per heavy atom. The van der Waals surface area contributed by atoms with E-state index in [2.05, 4.69) is 5.32 Å². The number of nitrogens with one attached hydrogen (secondary N) is 1. The minimum absolute atomic E-state index is 0.0176. The highest BCUT2D eigenvalue weighted by Gasteiger charge is 2.31. The van der Waals surface area contributed by atoms with Gasteiger partial charge in [0.1, 0.15) is 0 Å². The quantitative estimate of drug-likeness (QED) is 0.828. The number of rotatable bonds is 6. The van der Waals surface area contributed by atoms with Gasteiger partial charge in [0.15, 0.2) is 0 Å². The highest BCUT2D eigenvalue weighted by atomic mass is 32.2. The largest absolute Gasteiger partial charge is 0.376 e. The molecule has 0 unspecified atom stereocenters. The van der Waals surface area contributed by atoms with E-state index < -0.39 is 10.0 Å².